The van der Waals surface area contributed by atoms with Crippen LogP contribution in [-0.4, -0.2) is 30.2 Å². The molecule has 1 fully saturated rings. The topological polar surface area (TPSA) is 44.1 Å². The number of carbonyl (C=O) groups is 1. The Hall–Kier alpha value is -0.950. The third-order valence-electron chi connectivity index (χ3n) is 2.01. The molecule has 1 heterocycles. The molecule has 0 saturated carbocycles. The van der Waals surface area contributed by atoms with Crippen molar-refractivity contribution < 1.29 is 4.79 Å². The molecule has 13 heavy (non-hydrogen) atoms. The summed E-state index contributed by atoms with van der Waals surface area (Å²) in [6.45, 7) is 2.98. The molecule has 0 aromatic carbocycles. The molecule has 0 radical (unpaired) electrons. The maximum atomic E-state index is 11.3. The highest BCUT2D eigenvalue weighted by Crippen LogP contribution is 2.28. The average Bonchev–Trinajstić information content (AvgIpc) is 2.09. The molecular formula is C9H12N2OS. The third-order valence-corrected chi connectivity index (χ3v) is 2.42. The molecule has 1 saturated heterocycles. The van der Waals surface area contributed by atoms with E-state index in [1.807, 2.05) is 13.2 Å². The smallest absolute Gasteiger partial charge is 0.247 e. The monoisotopic (exact) mass is 196 g/mol. The van der Waals surface area contributed by atoms with Crippen molar-refractivity contribution in [2.75, 3.05) is 19.3 Å². The van der Waals surface area contributed by atoms with E-state index in [-0.39, 0.29) is 11.3 Å². The largest absolute Gasteiger partial charge is 0.336 e. The lowest BCUT2D eigenvalue weighted by molar-refractivity contribution is -0.134. The summed E-state index contributed by atoms with van der Waals surface area (Å²) >= 11 is 1.49. The number of thioether (sulfide) groups is 1. The molecule has 0 N–H and O–H groups in total. The Morgan fingerprint density at radius 1 is 1.69 bits per heavy atom. The van der Waals surface area contributed by atoms with Crippen LogP contribution in [0.15, 0.2) is 11.5 Å². The van der Waals surface area contributed by atoms with Crippen molar-refractivity contribution in [1.82, 2.24) is 4.90 Å². The predicted molar refractivity (Wildman–Crippen MR) is 53.0 cm³/mol. The van der Waals surface area contributed by atoms with E-state index in [1.165, 1.54) is 11.8 Å². The van der Waals surface area contributed by atoms with E-state index < -0.39 is 0 Å². The second kappa shape index (κ2) is 3.84. The quantitative estimate of drug-likeness (QED) is 0.624. The number of likely N-dealkylation sites (tertiary alicyclic amines) is 1. The predicted octanol–water partition coefficient (Wildman–Crippen LogP) is 1.24. The first kappa shape index (κ1) is 10.1. The highest BCUT2D eigenvalue weighted by Gasteiger charge is 2.40. The van der Waals surface area contributed by atoms with Crippen molar-refractivity contribution in [1.29, 1.82) is 5.26 Å². The van der Waals surface area contributed by atoms with Gasteiger partial charge in [0.05, 0.1) is 11.5 Å². The number of carbonyl (C=O) groups excluding carboxylic acids is 1. The van der Waals surface area contributed by atoms with Crippen LogP contribution in [0.5, 0.6) is 0 Å². The zero-order valence-electron chi connectivity index (χ0n) is 7.78. The molecule has 1 rings (SSSR count). The highest BCUT2D eigenvalue weighted by atomic mass is 32.2. The van der Waals surface area contributed by atoms with Crippen molar-refractivity contribution in [3.8, 4) is 6.07 Å². The van der Waals surface area contributed by atoms with Crippen LogP contribution in [0.1, 0.15) is 6.92 Å². The Balaban J connectivity index is 2.40. The Morgan fingerprint density at radius 2 is 2.31 bits per heavy atom. The zero-order valence-corrected chi connectivity index (χ0v) is 8.60. The summed E-state index contributed by atoms with van der Waals surface area (Å²) in [6, 6.07) is 2.20. The van der Waals surface area contributed by atoms with E-state index in [4.69, 9.17) is 5.26 Å². The molecule has 70 valence electrons. The minimum atomic E-state index is -0.317. The van der Waals surface area contributed by atoms with Crippen LogP contribution in [0, 0.1) is 16.7 Å². The summed E-state index contributed by atoms with van der Waals surface area (Å²) in [7, 11) is 0. The van der Waals surface area contributed by atoms with Crippen LogP contribution in [0.3, 0.4) is 0 Å². The maximum absolute atomic E-state index is 11.3. The van der Waals surface area contributed by atoms with Gasteiger partial charge in [-0.05, 0) is 18.6 Å². The van der Waals surface area contributed by atoms with Gasteiger partial charge in [0.1, 0.15) is 0 Å². The van der Waals surface area contributed by atoms with Crippen LogP contribution >= 0.6 is 11.8 Å². The maximum Gasteiger partial charge on any atom is 0.247 e. The van der Waals surface area contributed by atoms with Gasteiger partial charge in [0.25, 0.3) is 0 Å². The van der Waals surface area contributed by atoms with Crippen LogP contribution in [0.2, 0.25) is 0 Å². The van der Waals surface area contributed by atoms with Gasteiger partial charge in [-0.15, -0.1) is 11.8 Å². The molecule has 0 aliphatic carbocycles. The fourth-order valence-corrected chi connectivity index (χ4v) is 1.51. The van der Waals surface area contributed by atoms with Crippen LogP contribution in [0.25, 0.3) is 0 Å². The van der Waals surface area contributed by atoms with E-state index in [0.717, 1.165) is 0 Å². The number of nitrogens with zero attached hydrogens (tertiary/aromatic N) is 2. The van der Waals surface area contributed by atoms with E-state index >= 15 is 0 Å². The molecule has 1 aliphatic rings. The van der Waals surface area contributed by atoms with Crippen molar-refractivity contribution in [2.24, 2.45) is 5.41 Å². The number of nitriles is 1. The summed E-state index contributed by atoms with van der Waals surface area (Å²) in [5.74, 6) is 0.00192. The molecule has 0 bridgehead atoms. The van der Waals surface area contributed by atoms with Gasteiger partial charge in [0, 0.05) is 19.2 Å². The van der Waals surface area contributed by atoms with Crippen molar-refractivity contribution in [3.63, 3.8) is 0 Å². The minimum Gasteiger partial charge on any atom is -0.336 e. The summed E-state index contributed by atoms with van der Waals surface area (Å²) in [5.41, 5.74) is -0.317. The number of hydrogen-bond donors (Lipinski definition) is 0. The number of amides is 1. The average molecular weight is 196 g/mol. The Bertz CT molecular complexity index is 274. The first-order valence-electron chi connectivity index (χ1n) is 4.01. The lowest BCUT2D eigenvalue weighted by Gasteiger charge is -2.42. The van der Waals surface area contributed by atoms with Gasteiger partial charge in [0.2, 0.25) is 5.91 Å². The summed E-state index contributed by atoms with van der Waals surface area (Å²) in [6.07, 6.45) is 3.45. The van der Waals surface area contributed by atoms with Crippen LogP contribution in [-0.2, 0) is 4.79 Å². The highest BCUT2D eigenvalue weighted by molar-refractivity contribution is 8.01. The molecular weight excluding hydrogens is 184 g/mol. The molecule has 1 amide bonds. The van der Waals surface area contributed by atoms with E-state index in [9.17, 15) is 4.79 Å². The van der Waals surface area contributed by atoms with Gasteiger partial charge >= 0.3 is 0 Å². The Morgan fingerprint density at radius 3 is 2.77 bits per heavy atom. The van der Waals surface area contributed by atoms with Crippen LogP contribution < -0.4 is 0 Å². The van der Waals surface area contributed by atoms with E-state index in [0.29, 0.717) is 13.1 Å². The molecule has 1 aliphatic heterocycles. The number of rotatable bonds is 2. The molecule has 0 spiro atoms. The molecule has 0 aromatic heterocycles. The van der Waals surface area contributed by atoms with Gasteiger partial charge in [-0.3, -0.25) is 4.79 Å². The summed E-state index contributed by atoms with van der Waals surface area (Å²) < 4.78 is 0. The first-order chi connectivity index (χ1) is 6.11. The zero-order chi connectivity index (χ0) is 9.90. The normalized spacial score (nSPS) is 19.6. The van der Waals surface area contributed by atoms with E-state index in [1.54, 1.807) is 16.4 Å². The van der Waals surface area contributed by atoms with Crippen LogP contribution in [0.4, 0.5) is 0 Å². The fourth-order valence-electron chi connectivity index (χ4n) is 1.25. The van der Waals surface area contributed by atoms with Gasteiger partial charge in [-0.25, -0.2) is 0 Å². The van der Waals surface area contributed by atoms with Gasteiger partial charge in [0.15, 0.2) is 0 Å². The fraction of sp³-hybridized carbons (Fsp3) is 0.556. The minimum absolute atomic E-state index is 0.00192. The first-order valence-corrected chi connectivity index (χ1v) is 5.29. The molecule has 0 atom stereocenters. The van der Waals surface area contributed by atoms with E-state index in [2.05, 4.69) is 6.07 Å². The molecule has 0 aromatic rings. The van der Waals surface area contributed by atoms with Crippen molar-refractivity contribution >= 4 is 17.7 Å². The van der Waals surface area contributed by atoms with Crippen molar-refractivity contribution in [3.05, 3.63) is 11.5 Å². The number of hydrogen-bond acceptors (Lipinski definition) is 3. The molecule has 4 heteroatoms. The van der Waals surface area contributed by atoms with Crippen molar-refractivity contribution in [2.45, 2.75) is 6.92 Å². The SMILES string of the molecule is CS/C=C/C(=O)N1CC(C)(C#N)C1. The second-order valence-corrected chi connectivity index (χ2v) is 4.15. The Labute approximate surface area is 82.4 Å². The van der Waals surface area contributed by atoms with Gasteiger partial charge in [-0.2, -0.15) is 5.26 Å². The summed E-state index contributed by atoms with van der Waals surface area (Å²) in [5, 5.41) is 10.5. The third kappa shape index (κ3) is 2.25. The molecule has 3 nitrogen and oxygen atoms in total. The molecule has 0 unspecified atom stereocenters. The lowest BCUT2D eigenvalue weighted by atomic mass is 9.84. The lowest BCUT2D eigenvalue weighted by Crippen LogP contribution is -2.55. The Kier molecular flexibility index (Phi) is 2.99. The second-order valence-electron chi connectivity index (χ2n) is 3.41. The van der Waals surface area contributed by atoms with Gasteiger partial charge in [-0.1, -0.05) is 0 Å². The standard InChI is InChI=1S/C9H12N2OS/c1-9(5-10)6-11(7-9)8(12)3-4-13-2/h3-4H,6-7H2,1-2H3/b4-3+. The summed E-state index contributed by atoms with van der Waals surface area (Å²) in [4.78, 5) is 13.0. The van der Waals surface area contributed by atoms with Gasteiger partial charge < -0.3 is 4.90 Å².